The van der Waals surface area contributed by atoms with E-state index in [4.69, 9.17) is 5.11 Å². The predicted octanol–water partition coefficient (Wildman–Crippen LogP) is 0.510. The molecule has 1 aromatic rings. The number of carboxylic acids is 1. The summed E-state index contributed by atoms with van der Waals surface area (Å²) in [6.07, 6.45) is 1.99. The van der Waals surface area contributed by atoms with Crippen LogP contribution in [0, 0.1) is 5.41 Å². The number of carboxylic acid groups (broad SMARTS) is 1. The first-order chi connectivity index (χ1) is 8.27. The molecule has 0 radical (unpaired) electrons. The highest BCUT2D eigenvalue weighted by Gasteiger charge is 2.45. The highest BCUT2D eigenvalue weighted by atomic mass is 32.2. The van der Waals surface area contributed by atoms with Gasteiger partial charge < -0.3 is 9.67 Å². The molecule has 1 aliphatic rings. The van der Waals surface area contributed by atoms with Gasteiger partial charge in [0.2, 0.25) is 0 Å². The van der Waals surface area contributed by atoms with Crippen LogP contribution < -0.4 is 0 Å². The molecule has 0 amide bonds. The van der Waals surface area contributed by atoms with Crippen molar-refractivity contribution in [3.8, 4) is 0 Å². The summed E-state index contributed by atoms with van der Waals surface area (Å²) in [5.74, 6) is -0.952. The summed E-state index contributed by atoms with van der Waals surface area (Å²) in [5.41, 5.74) is -0.988. The second kappa shape index (κ2) is 4.10. The molecule has 0 bridgehead atoms. The molecular formula is C11H16N2O4S. The maximum absolute atomic E-state index is 12.3. The minimum absolute atomic E-state index is 0.0237. The van der Waals surface area contributed by atoms with Crippen molar-refractivity contribution in [2.24, 2.45) is 12.5 Å². The van der Waals surface area contributed by atoms with Gasteiger partial charge in [0, 0.05) is 26.3 Å². The zero-order valence-electron chi connectivity index (χ0n) is 10.3. The molecule has 1 unspecified atom stereocenters. The van der Waals surface area contributed by atoms with E-state index in [2.05, 4.69) is 0 Å². The second-order valence-electron chi connectivity index (χ2n) is 4.91. The highest BCUT2D eigenvalue weighted by Crippen LogP contribution is 2.33. The minimum Gasteiger partial charge on any atom is -0.481 e. The fourth-order valence-corrected chi connectivity index (χ4v) is 3.87. The normalized spacial score (nSPS) is 25.4. The molecule has 2 rings (SSSR count). The number of aliphatic carboxylic acids is 1. The summed E-state index contributed by atoms with van der Waals surface area (Å²) in [7, 11) is -1.95. The lowest BCUT2D eigenvalue weighted by Gasteiger charge is -2.20. The average molecular weight is 272 g/mol. The predicted molar refractivity (Wildman–Crippen MR) is 64.5 cm³/mol. The molecule has 1 atom stereocenters. The molecule has 6 nitrogen and oxygen atoms in total. The molecule has 2 heterocycles. The molecule has 100 valence electrons. The van der Waals surface area contributed by atoms with Crippen molar-refractivity contribution < 1.29 is 18.3 Å². The van der Waals surface area contributed by atoms with Gasteiger partial charge in [-0.1, -0.05) is 0 Å². The summed E-state index contributed by atoms with van der Waals surface area (Å²) in [6, 6.07) is 3.17. The number of sulfonamides is 1. The first kappa shape index (κ1) is 13.1. The summed E-state index contributed by atoms with van der Waals surface area (Å²) in [6.45, 7) is 1.85. The number of aromatic nitrogens is 1. The fraction of sp³-hybridized carbons (Fsp3) is 0.545. The molecule has 1 aliphatic heterocycles. The SMILES string of the molecule is Cn1cccc1S(=O)(=O)N1CCC(C)(C(=O)O)C1. The monoisotopic (exact) mass is 272 g/mol. The topological polar surface area (TPSA) is 79.6 Å². The molecule has 0 aliphatic carbocycles. The van der Waals surface area contributed by atoms with Crippen LogP contribution >= 0.6 is 0 Å². The van der Waals surface area contributed by atoms with Crippen molar-refractivity contribution in [1.82, 2.24) is 8.87 Å². The van der Waals surface area contributed by atoms with Gasteiger partial charge >= 0.3 is 5.97 Å². The molecule has 7 heteroatoms. The number of hydrogen-bond acceptors (Lipinski definition) is 3. The van der Waals surface area contributed by atoms with Gasteiger partial charge in [-0.15, -0.1) is 0 Å². The maximum atomic E-state index is 12.3. The van der Waals surface area contributed by atoms with Crippen LogP contribution in [0.25, 0.3) is 0 Å². The number of aryl methyl sites for hydroxylation is 1. The first-order valence-corrected chi connectivity index (χ1v) is 7.06. The molecule has 0 saturated carbocycles. The smallest absolute Gasteiger partial charge is 0.310 e. The van der Waals surface area contributed by atoms with E-state index in [9.17, 15) is 13.2 Å². The van der Waals surface area contributed by atoms with Gasteiger partial charge in [0.05, 0.1) is 5.41 Å². The maximum Gasteiger partial charge on any atom is 0.310 e. The van der Waals surface area contributed by atoms with Crippen LogP contribution in [0.3, 0.4) is 0 Å². The Labute approximate surface area is 106 Å². The average Bonchev–Trinajstić information content (AvgIpc) is 2.86. The number of rotatable bonds is 3. The van der Waals surface area contributed by atoms with Crippen molar-refractivity contribution in [3.63, 3.8) is 0 Å². The third kappa shape index (κ3) is 1.93. The Morgan fingerprint density at radius 1 is 1.50 bits per heavy atom. The van der Waals surface area contributed by atoms with Gasteiger partial charge in [-0.25, -0.2) is 8.42 Å². The second-order valence-corrected chi connectivity index (χ2v) is 6.80. The van der Waals surface area contributed by atoms with Gasteiger partial charge in [-0.3, -0.25) is 4.79 Å². The summed E-state index contributed by atoms with van der Waals surface area (Å²) in [4.78, 5) is 11.1. The van der Waals surface area contributed by atoms with E-state index in [0.717, 1.165) is 0 Å². The van der Waals surface area contributed by atoms with Gasteiger partial charge in [-0.05, 0) is 25.5 Å². The number of nitrogens with zero attached hydrogens (tertiary/aromatic N) is 2. The number of hydrogen-bond donors (Lipinski definition) is 1. The number of carbonyl (C=O) groups is 1. The highest BCUT2D eigenvalue weighted by molar-refractivity contribution is 7.89. The van der Waals surface area contributed by atoms with Gasteiger partial charge in [0.1, 0.15) is 5.03 Å². The van der Waals surface area contributed by atoms with Crippen molar-refractivity contribution in [1.29, 1.82) is 0 Å². The summed E-state index contributed by atoms with van der Waals surface area (Å²) < 4.78 is 27.4. The van der Waals surface area contributed by atoms with Gasteiger partial charge in [-0.2, -0.15) is 4.31 Å². The summed E-state index contributed by atoms with van der Waals surface area (Å²) >= 11 is 0. The summed E-state index contributed by atoms with van der Waals surface area (Å²) in [5, 5.41) is 9.31. The van der Waals surface area contributed by atoms with E-state index in [1.807, 2.05) is 0 Å². The molecule has 1 aromatic heterocycles. The van der Waals surface area contributed by atoms with Crippen LogP contribution in [0.5, 0.6) is 0 Å². The van der Waals surface area contributed by atoms with E-state index < -0.39 is 21.4 Å². The molecular weight excluding hydrogens is 256 g/mol. The van der Waals surface area contributed by atoms with Crippen LogP contribution in [-0.2, 0) is 21.9 Å². The molecule has 18 heavy (non-hydrogen) atoms. The lowest BCUT2D eigenvalue weighted by Crippen LogP contribution is -2.35. The third-order valence-corrected chi connectivity index (χ3v) is 5.40. The largest absolute Gasteiger partial charge is 0.481 e. The molecule has 1 N–H and O–H groups in total. The van der Waals surface area contributed by atoms with Crippen molar-refractivity contribution >= 4 is 16.0 Å². The van der Waals surface area contributed by atoms with Crippen molar-refractivity contribution in [3.05, 3.63) is 18.3 Å². The molecule has 0 aromatic carbocycles. The minimum atomic E-state index is -3.60. The van der Waals surface area contributed by atoms with E-state index in [0.29, 0.717) is 6.42 Å². The lowest BCUT2D eigenvalue weighted by molar-refractivity contribution is -0.146. The molecule has 1 fully saturated rings. The van der Waals surface area contributed by atoms with Gasteiger partial charge in [0.15, 0.2) is 0 Å². The van der Waals surface area contributed by atoms with Crippen LogP contribution in [-0.4, -0.2) is 41.5 Å². The Bertz CT molecular complexity index is 578. The van der Waals surface area contributed by atoms with E-state index in [1.54, 1.807) is 26.2 Å². The fourth-order valence-electron chi connectivity index (χ4n) is 2.14. The van der Waals surface area contributed by atoms with Crippen LogP contribution in [0.15, 0.2) is 23.4 Å². The van der Waals surface area contributed by atoms with E-state index in [-0.39, 0.29) is 18.1 Å². The third-order valence-electron chi connectivity index (χ3n) is 3.45. The van der Waals surface area contributed by atoms with Crippen LogP contribution in [0.4, 0.5) is 0 Å². The van der Waals surface area contributed by atoms with Crippen molar-refractivity contribution in [2.45, 2.75) is 18.4 Å². The first-order valence-electron chi connectivity index (χ1n) is 5.62. The van der Waals surface area contributed by atoms with E-state index >= 15 is 0 Å². The van der Waals surface area contributed by atoms with Crippen LogP contribution in [0.1, 0.15) is 13.3 Å². The zero-order chi connectivity index (χ0) is 13.6. The Morgan fingerprint density at radius 3 is 2.61 bits per heavy atom. The van der Waals surface area contributed by atoms with Gasteiger partial charge in [0.25, 0.3) is 10.0 Å². The molecule has 0 spiro atoms. The Hall–Kier alpha value is -1.34. The Morgan fingerprint density at radius 2 is 2.17 bits per heavy atom. The van der Waals surface area contributed by atoms with Crippen molar-refractivity contribution in [2.75, 3.05) is 13.1 Å². The molecule has 1 saturated heterocycles. The lowest BCUT2D eigenvalue weighted by atomic mass is 9.90. The van der Waals surface area contributed by atoms with E-state index in [1.165, 1.54) is 14.9 Å². The quantitative estimate of drug-likeness (QED) is 0.869. The van der Waals surface area contributed by atoms with Crippen LogP contribution in [0.2, 0.25) is 0 Å². The standard InChI is InChI=1S/C11H16N2O4S/c1-11(10(14)15)5-7-13(8-11)18(16,17)9-4-3-6-12(9)2/h3-4,6H,5,7-8H2,1-2H3,(H,14,15). The Balaban J connectivity index is 2.30. The zero-order valence-corrected chi connectivity index (χ0v) is 11.1. The Kier molecular flexibility index (Phi) is 2.98.